The topological polar surface area (TPSA) is 38.9 Å². The number of rotatable bonds is 2. The van der Waals surface area contributed by atoms with Gasteiger partial charge in [-0.2, -0.15) is 0 Å². The van der Waals surface area contributed by atoms with Gasteiger partial charge >= 0.3 is 0 Å². The lowest BCUT2D eigenvalue weighted by Gasteiger charge is -2.10. The van der Waals surface area contributed by atoms with Crippen LogP contribution in [0.2, 0.25) is 0 Å². The molecule has 1 aromatic carbocycles. The van der Waals surface area contributed by atoms with Gasteiger partial charge in [0.1, 0.15) is 5.82 Å². The van der Waals surface area contributed by atoms with Gasteiger partial charge in [-0.3, -0.25) is 0 Å². The summed E-state index contributed by atoms with van der Waals surface area (Å²) in [5.74, 6) is -0.304. The van der Waals surface area contributed by atoms with Gasteiger partial charge in [-0.05, 0) is 25.1 Å². The van der Waals surface area contributed by atoms with Crippen molar-refractivity contribution >= 4 is 27.3 Å². The van der Waals surface area contributed by atoms with Crippen molar-refractivity contribution in [1.29, 1.82) is 0 Å². The zero-order valence-electron chi connectivity index (χ0n) is 8.58. The van der Waals surface area contributed by atoms with E-state index in [4.69, 9.17) is 5.73 Å². The first-order chi connectivity index (χ1) is 7.58. The van der Waals surface area contributed by atoms with E-state index in [0.717, 1.165) is 9.48 Å². The third-order valence-corrected chi connectivity index (χ3v) is 3.53. The van der Waals surface area contributed by atoms with Crippen LogP contribution in [0.4, 0.5) is 4.39 Å². The molecule has 1 atom stereocenters. The van der Waals surface area contributed by atoms with Crippen molar-refractivity contribution in [2.45, 2.75) is 13.0 Å². The maximum atomic E-state index is 13.6. The molecule has 1 aromatic heterocycles. The molecule has 1 unspecified atom stereocenters. The Bertz CT molecular complexity index is 512. The van der Waals surface area contributed by atoms with Crippen LogP contribution in [-0.2, 0) is 0 Å². The Hall–Kier alpha value is -0.780. The van der Waals surface area contributed by atoms with Crippen molar-refractivity contribution in [1.82, 2.24) is 4.98 Å². The van der Waals surface area contributed by atoms with Crippen LogP contribution in [0, 0.1) is 12.7 Å². The molecule has 0 saturated carbocycles. The van der Waals surface area contributed by atoms with E-state index >= 15 is 0 Å². The molecule has 2 aromatic rings. The van der Waals surface area contributed by atoms with Gasteiger partial charge in [0.25, 0.3) is 0 Å². The van der Waals surface area contributed by atoms with Gasteiger partial charge in [-0.25, -0.2) is 9.37 Å². The van der Waals surface area contributed by atoms with Crippen LogP contribution in [0.15, 0.2) is 28.1 Å². The molecule has 0 aliphatic carbocycles. The van der Waals surface area contributed by atoms with Gasteiger partial charge in [-0.1, -0.05) is 15.9 Å². The molecule has 0 fully saturated rings. The summed E-state index contributed by atoms with van der Waals surface area (Å²) in [6.45, 7) is 1.90. The lowest BCUT2D eigenvalue weighted by Crippen LogP contribution is -2.14. The second kappa shape index (κ2) is 4.61. The van der Waals surface area contributed by atoms with E-state index in [1.807, 2.05) is 12.3 Å². The molecule has 0 saturated heterocycles. The molecule has 0 amide bonds. The minimum Gasteiger partial charge on any atom is -0.319 e. The van der Waals surface area contributed by atoms with E-state index in [1.165, 1.54) is 17.4 Å². The lowest BCUT2D eigenvalue weighted by molar-refractivity contribution is 0.597. The largest absolute Gasteiger partial charge is 0.319 e. The summed E-state index contributed by atoms with van der Waals surface area (Å²) < 4.78 is 14.4. The van der Waals surface area contributed by atoms with Gasteiger partial charge in [0.2, 0.25) is 0 Å². The minimum absolute atomic E-state index is 0.304. The predicted octanol–water partition coefficient (Wildman–Crippen LogP) is 3.40. The van der Waals surface area contributed by atoms with Gasteiger partial charge in [-0.15, -0.1) is 11.3 Å². The van der Waals surface area contributed by atoms with Crippen LogP contribution >= 0.6 is 27.3 Å². The zero-order valence-corrected chi connectivity index (χ0v) is 11.0. The first-order valence-electron chi connectivity index (χ1n) is 4.70. The number of aryl methyl sites for hydroxylation is 1. The lowest BCUT2D eigenvalue weighted by atomic mass is 10.1. The number of hydrogen-bond donors (Lipinski definition) is 1. The molecular weight excluding hydrogens is 291 g/mol. The van der Waals surface area contributed by atoms with Crippen molar-refractivity contribution in [3.63, 3.8) is 0 Å². The number of hydrogen-bond acceptors (Lipinski definition) is 3. The maximum Gasteiger partial charge on any atom is 0.128 e. The highest BCUT2D eigenvalue weighted by molar-refractivity contribution is 9.10. The van der Waals surface area contributed by atoms with E-state index in [-0.39, 0.29) is 5.82 Å². The van der Waals surface area contributed by atoms with Gasteiger partial charge in [0, 0.05) is 15.4 Å². The third-order valence-electron chi connectivity index (χ3n) is 2.25. The molecule has 2 N–H and O–H groups in total. The molecule has 0 bridgehead atoms. The summed E-state index contributed by atoms with van der Waals surface area (Å²) in [6.07, 6.45) is 0. The highest BCUT2D eigenvalue weighted by atomic mass is 79.9. The number of aromatic nitrogens is 1. The molecule has 1 heterocycles. The fourth-order valence-electron chi connectivity index (χ4n) is 1.44. The summed E-state index contributed by atoms with van der Waals surface area (Å²) in [5.41, 5.74) is 7.15. The summed E-state index contributed by atoms with van der Waals surface area (Å²) in [7, 11) is 0. The number of benzene rings is 1. The average molecular weight is 301 g/mol. The van der Waals surface area contributed by atoms with Crippen LogP contribution in [0.1, 0.15) is 22.3 Å². The Morgan fingerprint density at radius 2 is 2.25 bits per heavy atom. The van der Waals surface area contributed by atoms with Crippen molar-refractivity contribution in [2.75, 3.05) is 0 Å². The fraction of sp³-hybridized carbons (Fsp3) is 0.182. The summed E-state index contributed by atoms with van der Waals surface area (Å²) in [6, 6.07) is 4.23. The van der Waals surface area contributed by atoms with E-state index in [1.54, 1.807) is 12.1 Å². The highest BCUT2D eigenvalue weighted by Gasteiger charge is 2.16. The smallest absolute Gasteiger partial charge is 0.128 e. The van der Waals surface area contributed by atoms with Gasteiger partial charge in [0.15, 0.2) is 0 Å². The molecular formula is C11H10BrFN2S. The molecule has 84 valence electrons. The van der Waals surface area contributed by atoms with Gasteiger partial charge < -0.3 is 5.73 Å². The second-order valence-corrected chi connectivity index (χ2v) is 5.41. The predicted molar refractivity (Wildman–Crippen MR) is 67.0 cm³/mol. The first-order valence-corrected chi connectivity index (χ1v) is 6.38. The van der Waals surface area contributed by atoms with Crippen molar-refractivity contribution in [3.05, 3.63) is 50.1 Å². The molecule has 0 radical (unpaired) electrons. The molecule has 0 aliphatic rings. The van der Waals surface area contributed by atoms with Gasteiger partial charge in [0.05, 0.1) is 16.7 Å². The Kier molecular flexibility index (Phi) is 3.37. The molecule has 5 heteroatoms. The summed E-state index contributed by atoms with van der Waals surface area (Å²) in [4.78, 5) is 4.27. The fourth-order valence-corrected chi connectivity index (χ4v) is 2.46. The van der Waals surface area contributed by atoms with Crippen LogP contribution in [0.3, 0.4) is 0 Å². The Labute approximate surface area is 105 Å². The van der Waals surface area contributed by atoms with Crippen LogP contribution < -0.4 is 5.73 Å². The number of halogens is 2. The molecule has 0 aliphatic heterocycles. The van der Waals surface area contributed by atoms with E-state index in [0.29, 0.717) is 11.3 Å². The Balaban J connectivity index is 2.40. The van der Waals surface area contributed by atoms with Crippen molar-refractivity contribution in [3.8, 4) is 0 Å². The normalized spacial score (nSPS) is 12.8. The van der Waals surface area contributed by atoms with Crippen LogP contribution in [0.25, 0.3) is 0 Å². The van der Waals surface area contributed by atoms with Crippen LogP contribution in [0.5, 0.6) is 0 Å². The third kappa shape index (κ3) is 2.31. The Morgan fingerprint density at radius 3 is 2.88 bits per heavy atom. The molecule has 2 rings (SSSR count). The van der Waals surface area contributed by atoms with Crippen LogP contribution in [-0.4, -0.2) is 4.98 Å². The standard InChI is InChI=1S/C11H10BrFN2S/c1-6-15-10(5-16-6)11(14)8-4-7(12)2-3-9(8)13/h2-5,11H,14H2,1H3. The minimum atomic E-state index is -0.512. The second-order valence-electron chi connectivity index (χ2n) is 3.43. The highest BCUT2D eigenvalue weighted by Crippen LogP contribution is 2.25. The molecule has 2 nitrogen and oxygen atoms in total. The number of nitrogens with zero attached hydrogens (tertiary/aromatic N) is 1. The number of thiazole rings is 1. The average Bonchev–Trinajstić information content (AvgIpc) is 2.67. The van der Waals surface area contributed by atoms with E-state index < -0.39 is 6.04 Å². The quantitative estimate of drug-likeness (QED) is 0.923. The van der Waals surface area contributed by atoms with E-state index in [2.05, 4.69) is 20.9 Å². The van der Waals surface area contributed by atoms with Crippen molar-refractivity contribution in [2.24, 2.45) is 5.73 Å². The number of nitrogens with two attached hydrogens (primary N) is 1. The molecule has 0 spiro atoms. The monoisotopic (exact) mass is 300 g/mol. The summed E-state index contributed by atoms with van der Waals surface area (Å²) >= 11 is 4.81. The first kappa shape index (κ1) is 11.7. The van der Waals surface area contributed by atoms with E-state index in [9.17, 15) is 4.39 Å². The maximum absolute atomic E-state index is 13.6. The molecule has 16 heavy (non-hydrogen) atoms. The SMILES string of the molecule is Cc1nc(C(N)c2cc(Br)ccc2F)cs1. The zero-order chi connectivity index (χ0) is 11.7. The van der Waals surface area contributed by atoms with Crippen molar-refractivity contribution < 1.29 is 4.39 Å². The Morgan fingerprint density at radius 1 is 1.50 bits per heavy atom. The summed E-state index contributed by atoms with van der Waals surface area (Å²) in [5, 5.41) is 2.79.